The van der Waals surface area contributed by atoms with Gasteiger partial charge in [-0.2, -0.15) is 0 Å². The normalized spacial score (nSPS) is 26.6. The van der Waals surface area contributed by atoms with Crippen molar-refractivity contribution in [1.82, 2.24) is 4.90 Å². The van der Waals surface area contributed by atoms with E-state index in [-0.39, 0.29) is 11.5 Å². The summed E-state index contributed by atoms with van der Waals surface area (Å²) in [6.07, 6.45) is 0. The molecule has 0 aromatic carbocycles. The molecule has 0 aliphatic carbocycles. The van der Waals surface area contributed by atoms with E-state index in [1.807, 2.05) is 11.8 Å². The number of β-lactam (4-membered cyclic amide) rings is 1. The van der Waals surface area contributed by atoms with Crippen LogP contribution in [0.15, 0.2) is 0 Å². The summed E-state index contributed by atoms with van der Waals surface area (Å²) in [5, 5.41) is 0. The van der Waals surface area contributed by atoms with Crippen LogP contribution in [0.4, 0.5) is 0 Å². The summed E-state index contributed by atoms with van der Waals surface area (Å²) in [7, 11) is 0. The third-order valence-corrected chi connectivity index (χ3v) is 1.95. The third kappa shape index (κ3) is 1.02. The summed E-state index contributed by atoms with van der Waals surface area (Å²) in [5.74, 6) is 0.562. The van der Waals surface area contributed by atoms with E-state index in [1.54, 1.807) is 0 Å². The minimum atomic E-state index is 0.0313. The number of amides is 1. The summed E-state index contributed by atoms with van der Waals surface area (Å²) in [5.41, 5.74) is 0.0313. The van der Waals surface area contributed by atoms with Crippen molar-refractivity contribution in [3.63, 3.8) is 0 Å². The standard InChI is InChI=1S/C8H15NO/c1-6-5-9(7(6)10)8(2,3)4/h6H,5H2,1-4H3/t6-/m0/s1. The van der Waals surface area contributed by atoms with Crippen LogP contribution in [0, 0.1) is 5.92 Å². The maximum Gasteiger partial charge on any atom is 0.227 e. The highest BCUT2D eigenvalue weighted by Crippen LogP contribution is 2.25. The molecule has 1 aliphatic heterocycles. The second-order valence-corrected chi connectivity index (χ2v) is 4.02. The van der Waals surface area contributed by atoms with Crippen molar-refractivity contribution in [1.29, 1.82) is 0 Å². The molecule has 0 N–H and O–H groups in total. The summed E-state index contributed by atoms with van der Waals surface area (Å²) in [6, 6.07) is 0. The van der Waals surface area contributed by atoms with Gasteiger partial charge in [-0.1, -0.05) is 6.92 Å². The van der Waals surface area contributed by atoms with E-state index in [2.05, 4.69) is 20.8 Å². The van der Waals surface area contributed by atoms with Crippen LogP contribution in [0.1, 0.15) is 27.7 Å². The summed E-state index contributed by atoms with van der Waals surface area (Å²) >= 11 is 0. The molecule has 10 heavy (non-hydrogen) atoms. The molecule has 1 rings (SSSR count). The molecular weight excluding hydrogens is 126 g/mol. The minimum Gasteiger partial charge on any atom is -0.337 e. The van der Waals surface area contributed by atoms with Gasteiger partial charge >= 0.3 is 0 Å². The number of hydrogen-bond acceptors (Lipinski definition) is 1. The van der Waals surface area contributed by atoms with Crippen molar-refractivity contribution in [3.05, 3.63) is 0 Å². The molecule has 0 aromatic rings. The Labute approximate surface area is 62.2 Å². The molecule has 1 saturated heterocycles. The lowest BCUT2D eigenvalue weighted by atomic mass is 9.93. The average molecular weight is 141 g/mol. The maximum atomic E-state index is 11.1. The Morgan fingerprint density at radius 2 is 2.00 bits per heavy atom. The van der Waals surface area contributed by atoms with E-state index in [0.29, 0.717) is 5.91 Å². The molecule has 2 heteroatoms. The average Bonchev–Trinajstić information content (AvgIpc) is 1.79. The Bertz CT molecular complexity index is 157. The molecule has 1 amide bonds. The van der Waals surface area contributed by atoms with Gasteiger partial charge in [0.1, 0.15) is 0 Å². The van der Waals surface area contributed by atoms with E-state index in [0.717, 1.165) is 6.54 Å². The van der Waals surface area contributed by atoms with Crippen LogP contribution in [-0.2, 0) is 4.79 Å². The van der Waals surface area contributed by atoms with Crippen LogP contribution in [0.5, 0.6) is 0 Å². The van der Waals surface area contributed by atoms with Crippen LogP contribution in [-0.4, -0.2) is 22.9 Å². The summed E-state index contributed by atoms with van der Waals surface area (Å²) in [6.45, 7) is 9.11. The van der Waals surface area contributed by atoms with Gasteiger partial charge in [0.15, 0.2) is 0 Å². The number of likely N-dealkylation sites (tertiary alicyclic amines) is 1. The van der Waals surface area contributed by atoms with Crippen molar-refractivity contribution in [3.8, 4) is 0 Å². The van der Waals surface area contributed by atoms with Gasteiger partial charge in [-0.25, -0.2) is 0 Å². The number of hydrogen-bond donors (Lipinski definition) is 0. The second-order valence-electron chi connectivity index (χ2n) is 4.02. The van der Waals surface area contributed by atoms with E-state index in [9.17, 15) is 4.79 Å². The smallest absolute Gasteiger partial charge is 0.227 e. The minimum absolute atomic E-state index is 0.0313. The Kier molecular flexibility index (Phi) is 1.50. The van der Waals surface area contributed by atoms with Crippen LogP contribution >= 0.6 is 0 Å². The highest BCUT2D eigenvalue weighted by molar-refractivity contribution is 5.84. The molecule has 0 saturated carbocycles. The monoisotopic (exact) mass is 141 g/mol. The predicted octanol–water partition coefficient (Wildman–Crippen LogP) is 1.26. The van der Waals surface area contributed by atoms with E-state index < -0.39 is 0 Å². The maximum absolute atomic E-state index is 11.1. The van der Waals surface area contributed by atoms with Crippen molar-refractivity contribution in [2.24, 2.45) is 5.92 Å². The van der Waals surface area contributed by atoms with E-state index in [1.165, 1.54) is 0 Å². The van der Waals surface area contributed by atoms with Gasteiger partial charge in [-0.05, 0) is 20.8 Å². The number of rotatable bonds is 0. The van der Waals surface area contributed by atoms with Crippen LogP contribution < -0.4 is 0 Å². The zero-order valence-corrected chi connectivity index (χ0v) is 7.14. The lowest BCUT2D eigenvalue weighted by molar-refractivity contribution is -0.153. The second kappa shape index (κ2) is 1.97. The fraction of sp³-hybridized carbons (Fsp3) is 0.875. The number of carbonyl (C=O) groups excluding carboxylic acids is 1. The molecule has 0 unspecified atom stereocenters. The molecule has 0 bridgehead atoms. The zero-order chi connectivity index (χ0) is 7.94. The quantitative estimate of drug-likeness (QED) is 0.465. The van der Waals surface area contributed by atoms with Crippen molar-refractivity contribution in [2.45, 2.75) is 33.2 Å². The lowest BCUT2D eigenvalue weighted by Gasteiger charge is -2.46. The molecule has 1 heterocycles. The van der Waals surface area contributed by atoms with Crippen LogP contribution in [0.2, 0.25) is 0 Å². The number of nitrogens with zero attached hydrogens (tertiary/aromatic N) is 1. The Morgan fingerprint density at radius 3 is 2.10 bits per heavy atom. The third-order valence-electron chi connectivity index (χ3n) is 1.95. The summed E-state index contributed by atoms with van der Waals surface area (Å²) in [4.78, 5) is 13.0. The number of carbonyl (C=O) groups is 1. The fourth-order valence-electron chi connectivity index (χ4n) is 1.20. The molecule has 0 spiro atoms. The van der Waals surface area contributed by atoms with Crippen LogP contribution in [0.3, 0.4) is 0 Å². The Balaban J connectivity index is 2.56. The lowest BCUT2D eigenvalue weighted by Crippen LogP contribution is -2.59. The van der Waals surface area contributed by atoms with Gasteiger partial charge in [0.2, 0.25) is 5.91 Å². The Morgan fingerprint density at radius 1 is 1.50 bits per heavy atom. The molecule has 1 aliphatic rings. The molecule has 0 radical (unpaired) electrons. The highest BCUT2D eigenvalue weighted by atomic mass is 16.2. The predicted molar refractivity (Wildman–Crippen MR) is 40.6 cm³/mol. The molecule has 1 atom stereocenters. The van der Waals surface area contributed by atoms with E-state index in [4.69, 9.17) is 0 Å². The highest BCUT2D eigenvalue weighted by Gasteiger charge is 2.39. The van der Waals surface area contributed by atoms with Crippen LogP contribution in [0.25, 0.3) is 0 Å². The topological polar surface area (TPSA) is 20.3 Å². The Hall–Kier alpha value is -0.530. The summed E-state index contributed by atoms with van der Waals surface area (Å²) < 4.78 is 0. The van der Waals surface area contributed by atoms with E-state index >= 15 is 0 Å². The first-order valence-corrected chi connectivity index (χ1v) is 3.74. The molecule has 0 aromatic heterocycles. The van der Waals surface area contributed by atoms with Crippen molar-refractivity contribution >= 4 is 5.91 Å². The van der Waals surface area contributed by atoms with Gasteiger partial charge in [-0.15, -0.1) is 0 Å². The van der Waals surface area contributed by atoms with Gasteiger partial charge in [0.25, 0.3) is 0 Å². The fourth-order valence-corrected chi connectivity index (χ4v) is 1.20. The zero-order valence-electron chi connectivity index (χ0n) is 7.14. The van der Waals surface area contributed by atoms with Crippen molar-refractivity contribution < 1.29 is 4.79 Å². The van der Waals surface area contributed by atoms with Gasteiger partial charge in [-0.3, -0.25) is 4.79 Å². The van der Waals surface area contributed by atoms with Gasteiger partial charge < -0.3 is 4.90 Å². The van der Waals surface area contributed by atoms with Crippen molar-refractivity contribution in [2.75, 3.05) is 6.54 Å². The first-order valence-electron chi connectivity index (χ1n) is 3.74. The first kappa shape index (κ1) is 7.58. The molecule has 58 valence electrons. The largest absolute Gasteiger partial charge is 0.337 e. The SMILES string of the molecule is C[C@H]1CN(C(C)(C)C)C1=O. The molecule has 1 fully saturated rings. The molecular formula is C8H15NO. The first-order chi connectivity index (χ1) is 4.43. The molecule has 2 nitrogen and oxygen atoms in total. The van der Waals surface area contributed by atoms with Gasteiger partial charge in [0.05, 0.1) is 5.92 Å². The van der Waals surface area contributed by atoms with Gasteiger partial charge in [0, 0.05) is 12.1 Å².